The van der Waals surface area contributed by atoms with Gasteiger partial charge < -0.3 is 4.90 Å². The Morgan fingerprint density at radius 3 is 2.85 bits per heavy atom. The van der Waals surface area contributed by atoms with Gasteiger partial charge in [-0.2, -0.15) is 0 Å². The Hall–Kier alpha value is -1.53. The number of benzene rings is 1. The van der Waals surface area contributed by atoms with Crippen molar-refractivity contribution in [2.75, 3.05) is 11.9 Å². The van der Waals surface area contributed by atoms with Crippen molar-refractivity contribution >= 4 is 44.0 Å². The lowest BCUT2D eigenvalue weighted by Gasteiger charge is -2.18. The molecule has 3 nitrogen and oxygen atoms in total. The van der Waals surface area contributed by atoms with Gasteiger partial charge in [0.25, 0.3) is 0 Å². The summed E-state index contributed by atoms with van der Waals surface area (Å²) in [6.07, 6.45) is 1.51. The van der Waals surface area contributed by atoms with Crippen LogP contribution < -0.4 is 4.90 Å². The third-order valence-electron chi connectivity index (χ3n) is 2.96. The first-order valence-electron chi connectivity index (χ1n) is 5.99. The fourth-order valence-corrected chi connectivity index (χ4v) is 3.60. The van der Waals surface area contributed by atoms with Gasteiger partial charge in [0.1, 0.15) is 18.0 Å². The van der Waals surface area contributed by atoms with Gasteiger partial charge in [-0.25, -0.2) is 14.4 Å². The molecule has 0 aliphatic carbocycles. The number of aromatic nitrogens is 2. The highest BCUT2D eigenvalue weighted by molar-refractivity contribution is 9.11. The Morgan fingerprint density at radius 1 is 1.25 bits per heavy atom. The second-order valence-corrected chi connectivity index (χ2v) is 6.97. The second kappa shape index (κ2) is 5.46. The molecule has 3 aromatic rings. The molecular weight excluding hydrogens is 341 g/mol. The van der Waals surface area contributed by atoms with Crippen molar-refractivity contribution in [3.8, 4) is 0 Å². The van der Waals surface area contributed by atoms with Crippen molar-refractivity contribution < 1.29 is 4.39 Å². The first-order valence-corrected chi connectivity index (χ1v) is 7.60. The zero-order valence-electron chi connectivity index (χ0n) is 10.7. The molecule has 0 saturated carbocycles. The monoisotopic (exact) mass is 351 g/mol. The smallest absolute Gasteiger partial charge is 0.140 e. The molecule has 0 radical (unpaired) electrons. The Morgan fingerprint density at radius 2 is 2.10 bits per heavy atom. The van der Waals surface area contributed by atoms with Crippen LogP contribution in [0.15, 0.2) is 40.4 Å². The van der Waals surface area contributed by atoms with Crippen LogP contribution in [0.3, 0.4) is 0 Å². The minimum Gasteiger partial charge on any atom is -0.354 e. The Bertz CT molecular complexity index is 759. The molecule has 102 valence electrons. The Kier molecular flexibility index (Phi) is 3.67. The second-order valence-electron chi connectivity index (χ2n) is 4.42. The molecule has 0 amide bonds. The highest BCUT2D eigenvalue weighted by Gasteiger charge is 2.11. The highest BCUT2D eigenvalue weighted by atomic mass is 79.9. The van der Waals surface area contributed by atoms with Crippen LogP contribution in [0.4, 0.5) is 10.2 Å². The standard InChI is InChI=1S/C14H11BrFN3S/c1-19(7-10-3-5-13(15)20-10)14-11-6-9(16)2-4-12(11)17-8-18-14/h2-6,8H,7H2,1H3. The molecule has 0 spiro atoms. The van der Waals surface area contributed by atoms with Crippen molar-refractivity contribution in [2.45, 2.75) is 6.54 Å². The summed E-state index contributed by atoms with van der Waals surface area (Å²) in [5, 5.41) is 0.727. The van der Waals surface area contributed by atoms with Crippen molar-refractivity contribution in [3.05, 3.63) is 51.1 Å². The summed E-state index contributed by atoms with van der Waals surface area (Å²) < 4.78 is 14.5. The van der Waals surface area contributed by atoms with Gasteiger partial charge in [-0.3, -0.25) is 0 Å². The number of fused-ring (bicyclic) bond motifs is 1. The summed E-state index contributed by atoms with van der Waals surface area (Å²) >= 11 is 5.13. The maximum Gasteiger partial charge on any atom is 0.140 e. The molecule has 1 aromatic carbocycles. The van der Waals surface area contributed by atoms with Gasteiger partial charge in [0.15, 0.2) is 0 Å². The first-order chi connectivity index (χ1) is 9.63. The van der Waals surface area contributed by atoms with E-state index in [4.69, 9.17) is 0 Å². The van der Waals surface area contributed by atoms with Gasteiger partial charge in [0, 0.05) is 17.3 Å². The summed E-state index contributed by atoms with van der Waals surface area (Å²) in [4.78, 5) is 11.7. The van der Waals surface area contributed by atoms with E-state index in [9.17, 15) is 4.39 Å². The SMILES string of the molecule is CN(Cc1ccc(Br)s1)c1ncnc2ccc(F)cc12. The van der Waals surface area contributed by atoms with Gasteiger partial charge in [0.05, 0.1) is 15.8 Å². The summed E-state index contributed by atoms with van der Waals surface area (Å²) in [6, 6.07) is 8.65. The van der Waals surface area contributed by atoms with Crippen LogP contribution in [-0.4, -0.2) is 17.0 Å². The number of halogens is 2. The van der Waals surface area contributed by atoms with Crippen molar-refractivity contribution in [3.63, 3.8) is 0 Å². The molecule has 0 N–H and O–H groups in total. The Labute approximate surface area is 128 Å². The fourth-order valence-electron chi connectivity index (χ4n) is 2.06. The predicted octanol–water partition coefficient (Wildman–Crippen LogP) is 4.23. The van der Waals surface area contributed by atoms with E-state index in [1.807, 2.05) is 18.0 Å². The molecule has 3 rings (SSSR count). The van der Waals surface area contributed by atoms with Crippen molar-refractivity contribution in [1.82, 2.24) is 9.97 Å². The maximum atomic E-state index is 13.4. The third kappa shape index (κ3) is 2.66. The molecule has 20 heavy (non-hydrogen) atoms. The van der Waals surface area contributed by atoms with E-state index in [1.54, 1.807) is 17.4 Å². The van der Waals surface area contributed by atoms with Gasteiger partial charge >= 0.3 is 0 Å². The lowest BCUT2D eigenvalue weighted by atomic mass is 10.2. The van der Waals surface area contributed by atoms with Gasteiger partial charge in [-0.05, 0) is 46.3 Å². The van der Waals surface area contributed by atoms with Crippen LogP contribution in [0.25, 0.3) is 10.9 Å². The van der Waals surface area contributed by atoms with Crippen LogP contribution >= 0.6 is 27.3 Å². The number of nitrogens with zero attached hydrogens (tertiary/aromatic N) is 3. The number of thiophene rings is 1. The largest absolute Gasteiger partial charge is 0.354 e. The molecule has 2 heterocycles. The van der Waals surface area contributed by atoms with E-state index in [0.717, 1.165) is 27.1 Å². The molecule has 2 aromatic heterocycles. The van der Waals surface area contributed by atoms with Crippen LogP contribution in [-0.2, 0) is 6.54 Å². The number of hydrogen-bond donors (Lipinski definition) is 0. The predicted molar refractivity (Wildman–Crippen MR) is 83.6 cm³/mol. The summed E-state index contributed by atoms with van der Waals surface area (Å²) in [6.45, 7) is 0.721. The third-order valence-corrected chi connectivity index (χ3v) is 4.57. The van der Waals surface area contributed by atoms with Crippen molar-refractivity contribution in [2.24, 2.45) is 0 Å². The molecule has 0 bridgehead atoms. The van der Waals surface area contributed by atoms with E-state index in [-0.39, 0.29) is 5.82 Å². The van der Waals surface area contributed by atoms with Gasteiger partial charge in [0.2, 0.25) is 0 Å². The number of rotatable bonds is 3. The van der Waals surface area contributed by atoms with Crippen LogP contribution in [0.2, 0.25) is 0 Å². The normalized spacial score (nSPS) is 10.9. The number of hydrogen-bond acceptors (Lipinski definition) is 4. The average molecular weight is 352 g/mol. The summed E-state index contributed by atoms with van der Waals surface area (Å²) in [5.74, 6) is 0.458. The maximum absolute atomic E-state index is 13.4. The highest BCUT2D eigenvalue weighted by Crippen LogP contribution is 2.27. The molecule has 0 aliphatic heterocycles. The topological polar surface area (TPSA) is 29.0 Å². The molecular formula is C14H11BrFN3S. The molecule has 0 unspecified atom stereocenters. The van der Waals surface area contributed by atoms with Crippen LogP contribution in [0.1, 0.15) is 4.88 Å². The molecule has 6 heteroatoms. The molecule has 0 atom stereocenters. The van der Waals surface area contributed by atoms with Crippen molar-refractivity contribution in [1.29, 1.82) is 0 Å². The quantitative estimate of drug-likeness (QED) is 0.706. The van der Waals surface area contributed by atoms with Crippen LogP contribution in [0.5, 0.6) is 0 Å². The van der Waals surface area contributed by atoms with E-state index in [0.29, 0.717) is 0 Å². The minimum absolute atomic E-state index is 0.277. The zero-order chi connectivity index (χ0) is 14.1. The molecule has 0 saturated heterocycles. The van der Waals surface area contributed by atoms with E-state index in [1.165, 1.54) is 23.3 Å². The van der Waals surface area contributed by atoms with Gasteiger partial charge in [-0.1, -0.05) is 0 Å². The van der Waals surface area contributed by atoms with E-state index < -0.39 is 0 Å². The Balaban J connectivity index is 1.98. The molecule has 0 aliphatic rings. The number of anilines is 1. The average Bonchev–Trinajstić information content (AvgIpc) is 2.83. The minimum atomic E-state index is -0.277. The van der Waals surface area contributed by atoms with Gasteiger partial charge in [-0.15, -0.1) is 11.3 Å². The van der Waals surface area contributed by atoms with E-state index >= 15 is 0 Å². The summed E-state index contributed by atoms with van der Waals surface area (Å²) in [7, 11) is 1.94. The fraction of sp³-hybridized carbons (Fsp3) is 0.143. The molecule has 0 fully saturated rings. The first kappa shape index (κ1) is 13.5. The summed E-state index contributed by atoms with van der Waals surface area (Å²) in [5.41, 5.74) is 0.746. The zero-order valence-corrected chi connectivity index (χ0v) is 13.1. The lowest BCUT2D eigenvalue weighted by molar-refractivity contribution is 0.629. The van der Waals surface area contributed by atoms with E-state index in [2.05, 4.69) is 32.0 Å². The van der Waals surface area contributed by atoms with Crippen LogP contribution in [0, 0.1) is 5.82 Å². The lowest BCUT2D eigenvalue weighted by Crippen LogP contribution is -2.17.